The predicted octanol–water partition coefficient (Wildman–Crippen LogP) is 2.61. The Morgan fingerprint density at radius 3 is 2.81 bits per heavy atom. The Morgan fingerprint density at radius 2 is 2.04 bits per heavy atom. The number of hydrogen-bond acceptors (Lipinski definition) is 5. The molecule has 2 heterocycles. The van der Waals surface area contributed by atoms with Gasteiger partial charge in [-0.2, -0.15) is 0 Å². The average Bonchev–Trinajstić information content (AvgIpc) is 3.15. The highest BCUT2D eigenvalue weighted by Crippen LogP contribution is 2.33. The smallest absolute Gasteiger partial charge is 0.175 e. The summed E-state index contributed by atoms with van der Waals surface area (Å²) in [6.45, 7) is 2.23. The van der Waals surface area contributed by atoms with Gasteiger partial charge in [0.1, 0.15) is 5.75 Å². The fourth-order valence-electron chi connectivity index (χ4n) is 4.06. The topological polar surface area (TPSA) is 67.4 Å². The maximum absolute atomic E-state index is 12.1. The van der Waals surface area contributed by atoms with Crippen molar-refractivity contribution in [2.24, 2.45) is 0 Å². The summed E-state index contributed by atoms with van der Waals surface area (Å²) in [5.74, 6) is 0.856. The van der Waals surface area contributed by atoms with Crippen molar-refractivity contribution in [2.75, 3.05) is 19.4 Å². The zero-order valence-corrected chi connectivity index (χ0v) is 16.4. The quantitative estimate of drug-likeness (QED) is 0.827. The van der Waals surface area contributed by atoms with Crippen molar-refractivity contribution in [2.45, 2.75) is 42.8 Å². The predicted molar refractivity (Wildman–Crippen MR) is 106 cm³/mol. The van der Waals surface area contributed by atoms with Crippen LogP contribution >= 0.6 is 0 Å². The van der Waals surface area contributed by atoms with Crippen molar-refractivity contribution >= 4 is 9.84 Å². The molecule has 2 aliphatic heterocycles. The van der Waals surface area contributed by atoms with Crippen LogP contribution in [0, 0.1) is 0 Å². The summed E-state index contributed by atoms with van der Waals surface area (Å²) >= 11 is 0. The summed E-state index contributed by atoms with van der Waals surface area (Å²) in [6, 6.07) is 14.6. The van der Waals surface area contributed by atoms with Crippen LogP contribution in [0.4, 0.5) is 0 Å². The van der Waals surface area contributed by atoms with Gasteiger partial charge in [0.05, 0.1) is 11.5 Å². The second kappa shape index (κ2) is 7.62. The highest BCUT2D eigenvalue weighted by Gasteiger charge is 2.27. The first kappa shape index (κ1) is 18.5. The van der Waals surface area contributed by atoms with Crippen LogP contribution in [-0.2, 0) is 22.8 Å². The molecule has 4 rings (SSSR count). The van der Waals surface area contributed by atoms with Crippen molar-refractivity contribution in [3.8, 4) is 5.75 Å². The largest absolute Gasteiger partial charge is 0.493 e. The summed E-state index contributed by atoms with van der Waals surface area (Å²) < 4.78 is 29.9. The van der Waals surface area contributed by atoms with Crippen LogP contribution in [-0.4, -0.2) is 33.9 Å². The lowest BCUT2D eigenvalue weighted by Gasteiger charge is -2.34. The molecule has 0 radical (unpaired) electrons. The van der Waals surface area contributed by atoms with Crippen molar-refractivity contribution < 1.29 is 13.2 Å². The first-order chi connectivity index (χ1) is 13.0. The molecule has 0 unspecified atom stereocenters. The van der Waals surface area contributed by atoms with Gasteiger partial charge in [0.15, 0.2) is 9.84 Å². The lowest BCUT2D eigenvalue weighted by Crippen LogP contribution is -2.45. The highest BCUT2D eigenvalue weighted by atomic mass is 32.2. The molecule has 1 fully saturated rings. The van der Waals surface area contributed by atoms with Crippen LogP contribution < -0.4 is 15.4 Å². The van der Waals surface area contributed by atoms with Crippen molar-refractivity contribution in [1.82, 2.24) is 10.6 Å². The average molecular weight is 387 g/mol. The maximum atomic E-state index is 12.1. The lowest BCUT2D eigenvalue weighted by molar-refractivity contribution is 0.301. The molecule has 0 aliphatic carbocycles. The van der Waals surface area contributed by atoms with Crippen LogP contribution in [0.5, 0.6) is 5.75 Å². The zero-order valence-electron chi connectivity index (χ0n) is 15.6. The van der Waals surface area contributed by atoms with Gasteiger partial charge >= 0.3 is 0 Å². The SMILES string of the molecule is CS(=O)(=O)c1cc2c(c(CN[C@H]3CCCN[C@H]3c3ccccc3)c1)OCC2. The summed E-state index contributed by atoms with van der Waals surface area (Å²) in [4.78, 5) is 0.380. The van der Waals surface area contributed by atoms with E-state index >= 15 is 0 Å². The molecule has 2 aliphatic rings. The van der Waals surface area contributed by atoms with Gasteiger partial charge in [-0.25, -0.2) is 8.42 Å². The van der Waals surface area contributed by atoms with Crippen LogP contribution in [0.3, 0.4) is 0 Å². The number of nitrogens with one attached hydrogen (secondary N) is 2. The summed E-state index contributed by atoms with van der Waals surface area (Å²) in [7, 11) is -3.24. The highest BCUT2D eigenvalue weighted by molar-refractivity contribution is 7.90. The third-order valence-electron chi connectivity index (χ3n) is 5.43. The summed E-state index contributed by atoms with van der Waals surface area (Å²) in [6.07, 6.45) is 4.24. The minimum absolute atomic E-state index is 0.256. The molecule has 0 spiro atoms. The van der Waals surface area contributed by atoms with Gasteiger partial charge in [0, 0.05) is 36.9 Å². The molecular weight excluding hydrogens is 360 g/mol. The van der Waals surface area contributed by atoms with Crippen LogP contribution in [0.2, 0.25) is 0 Å². The number of hydrogen-bond donors (Lipinski definition) is 2. The molecule has 27 heavy (non-hydrogen) atoms. The molecule has 2 aromatic rings. The monoisotopic (exact) mass is 386 g/mol. The van der Waals surface area contributed by atoms with E-state index in [9.17, 15) is 8.42 Å². The minimum Gasteiger partial charge on any atom is -0.493 e. The van der Waals surface area contributed by atoms with Gasteiger partial charge in [-0.3, -0.25) is 0 Å². The van der Waals surface area contributed by atoms with E-state index in [2.05, 4.69) is 34.9 Å². The fourth-order valence-corrected chi connectivity index (χ4v) is 4.77. The molecule has 0 amide bonds. The van der Waals surface area contributed by atoms with E-state index in [0.29, 0.717) is 24.1 Å². The van der Waals surface area contributed by atoms with E-state index < -0.39 is 9.84 Å². The standard InChI is InChI=1S/C21H26N2O3S/c1-27(24,25)18-12-16-9-11-26-21(16)17(13-18)14-23-19-8-5-10-22-20(19)15-6-3-2-4-7-15/h2-4,6-7,12-13,19-20,22-23H,5,8-11,14H2,1H3/t19-,20-/m0/s1. The fraction of sp³-hybridized carbons (Fsp3) is 0.429. The van der Waals surface area contributed by atoms with Crippen LogP contribution in [0.1, 0.15) is 35.6 Å². The third kappa shape index (κ3) is 4.03. The third-order valence-corrected chi connectivity index (χ3v) is 6.53. The Bertz CT molecular complexity index is 913. The molecular formula is C21H26N2O3S. The number of rotatable bonds is 5. The minimum atomic E-state index is -3.24. The normalized spacial score (nSPS) is 22.3. The molecule has 1 saturated heterocycles. The van der Waals surface area contributed by atoms with E-state index in [0.717, 1.165) is 42.7 Å². The van der Waals surface area contributed by atoms with Crippen LogP contribution in [0.25, 0.3) is 0 Å². The first-order valence-corrected chi connectivity index (χ1v) is 11.4. The Labute approximate surface area is 161 Å². The molecule has 2 N–H and O–H groups in total. The molecule has 2 aromatic carbocycles. The summed E-state index contributed by atoms with van der Waals surface area (Å²) in [5.41, 5.74) is 3.21. The Kier molecular flexibility index (Phi) is 5.21. The number of fused-ring (bicyclic) bond motifs is 1. The van der Waals surface area contributed by atoms with Crippen molar-refractivity contribution in [3.63, 3.8) is 0 Å². The first-order valence-electron chi connectivity index (χ1n) is 9.53. The van der Waals surface area contributed by atoms with Gasteiger partial charge in [0.25, 0.3) is 0 Å². The summed E-state index contributed by atoms with van der Waals surface area (Å²) in [5, 5.41) is 7.28. The molecule has 144 valence electrons. The Hall–Kier alpha value is -1.89. The van der Waals surface area contributed by atoms with Gasteiger partial charge in [-0.05, 0) is 42.6 Å². The van der Waals surface area contributed by atoms with Gasteiger partial charge in [-0.1, -0.05) is 30.3 Å². The maximum Gasteiger partial charge on any atom is 0.175 e. The van der Waals surface area contributed by atoms with Gasteiger partial charge < -0.3 is 15.4 Å². The second-order valence-corrected chi connectivity index (χ2v) is 9.43. The van der Waals surface area contributed by atoms with Crippen molar-refractivity contribution in [3.05, 3.63) is 59.2 Å². The Balaban J connectivity index is 1.56. The van der Waals surface area contributed by atoms with Crippen LogP contribution in [0.15, 0.2) is 47.4 Å². The Morgan fingerprint density at radius 1 is 1.22 bits per heavy atom. The number of ether oxygens (including phenoxy) is 1. The molecule has 0 bridgehead atoms. The molecule has 0 aromatic heterocycles. The van der Waals surface area contributed by atoms with Gasteiger partial charge in [-0.15, -0.1) is 0 Å². The van der Waals surface area contributed by atoms with E-state index in [1.807, 2.05) is 6.07 Å². The number of piperidine rings is 1. The molecule has 2 atom stereocenters. The van der Waals surface area contributed by atoms with E-state index in [1.54, 1.807) is 12.1 Å². The lowest BCUT2D eigenvalue weighted by atomic mass is 9.92. The van der Waals surface area contributed by atoms with E-state index in [-0.39, 0.29) is 6.04 Å². The number of sulfone groups is 1. The molecule has 0 saturated carbocycles. The molecule has 6 heteroatoms. The van der Waals surface area contributed by atoms with E-state index in [4.69, 9.17) is 4.74 Å². The van der Waals surface area contributed by atoms with E-state index in [1.165, 1.54) is 11.8 Å². The van der Waals surface area contributed by atoms with Gasteiger partial charge in [0.2, 0.25) is 0 Å². The number of benzene rings is 2. The van der Waals surface area contributed by atoms with Crippen molar-refractivity contribution in [1.29, 1.82) is 0 Å². The second-order valence-electron chi connectivity index (χ2n) is 7.41. The zero-order chi connectivity index (χ0) is 18.9. The molecule has 5 nitrogen and oxygen atoms in total.